The van der Waals surface area contributed by atoms with Crippen LogP contribution in [0.2, 0.25) is 0 Å². The highest BCUT2D eigenvalue weighted by atomic mass is 16.5. The first kappa shape index (κ1) is 9.78. The molecule has 1 heterocycles. The molecule has 0 aliphatic rings. The minimum Gasteiger partial charge on any atom is -0.481 e. The van der Waals surface area contributed by atoms with E-state index in [-0.39, 0.29) is 0 Å². The summed E-state index contributed by atoms with van der Waals surface area (Å²) in [7, 11) is 1.63. The van der Waals surface area contributed by atoms with Crippen molar-refractivity contribution in [2.75, 3.05) is 7.11 Å². The predicted octanol–water partition coefficient (Wildman–Crippen LogP) is 2.90. The quantitative estimate of drug-likeness (QED) is 0.708. The Labute approximate surface area is 79.3 Å². The minimum atomic E-state index is 0.672. The van der Waals surface area contributed by atoms with Gasteiger partial charge in [-0.2, -0.15) is 0 Å². The molecule has 2 nitrogen and oxygen atoms in total. The van der Waals surface area contributed by atoms with Gasteiger partial charge in [-0.1, -0.05) is 13.0 Å². The Balaban J connectivity index is 3.00. The van der Waals surface area contributed by atoms with E-state index in [0.717, 1.165) is 6.42 Å². The van der Waals surface area contributed by atoms with Gasteiger partial charge in [-0.25, -0.2) is 4.98 Å². The minimum absolute atomic E-state index is 0.672. The van der Waals surface area contributed by atoms with Crippen LogP contribution in [0.25, 0.3) is 5.57 Å². The fraction of sp³-hybridized carbons (Fsp3) is 0.364. The lowest BCUT2D eigenvalue weighted by Gasteiger charge is -2.05. The van der Waals surface area contributed by atoms with Crippen LogP contribution in [-0.2, 0) is 0 Å². The van der Waals surface area contributed by atoms with Crippen molar-refractivity contribution in [2.45, 2.75) is 20.3 Å². The van der Waals surface area contributed by atoms with Crippen molar-refractivity contribution in [3.8, 4) is 5.88 Å². The van der Waals surface area contributed by atoms with Gasteiger partial charge in [0.15, 0.2) is 0 Å². The fourth-order valence-electron chi connectivity index (χ4n) is 1.30. The molecule has 0 radical (unpaired) electrons. The van der Waals surface area contributed by atoms with Crippen molar-refractivity contribution in [3.63, 3.8) is 0 Å². The lowest BCUT2D eigenvalue weighted by molar-refractivity contribution is 0.397. The number of aromatic nitrogens is 1. The van der Waals surface area contributed by atoms with Gasteiger partial charge in [-0.15, -0.1) is 0 Å². The molecule has 1 rings (SSSR count). The summed E-state index contributed by atoms with van der Waals surface area (Å²) in [6, 6.07) is 3.96. The highest BCUT2D eigenvalue weighted by molar-refractivity contribution is 5.65. The van der Waals surface area contributed by atoms with Crippen LogP contribution in [0, 0.1) is 0 Å². The van der Waals surface area contributed by atoms with E-state index >= 15 is 0 Å². The molecule has 0 aromatic carbocycles. The first-order valence-corrected chi connectivity index (χ1v) is 4.47. The van der Waals surface area contributed by atoms with Gasteiger partial charge < -0.3 is 4.74 Å². The number of allylic oxidation sites excluding steroid dienone is 2. The third-order valence-corrected chi connectivity index (χ3v) is 2.04. The van der Waals surface area contributed by atoms with Crippen LogP contribution in [-0.4, -0.2) is 12.1 Å². The van der Waals surface area contributed by atoms with Gasteiger partial charge in [0.05, 0.1) is 7.11 Å². The molecule has 0 saturated heterocycles. The first-order chi connectivity index (χ1) is 6.31. The SMILES string of the molecule is C/C=C(/CC)c1ccnc(OC)c1. The molecular formula is C11H15NO. The average Bonchev–Trinajstić information content (AvgIpc) is 2.20. The number of rotatable bonds is 3. The summed E-state index contributed by atoms with van der Waals surface area (Å²) in [6.07, 6.45) is 4.92. The van der Waals surface area contributed by atoms with Gasteiger partial charge in [-0.3, -0.25) is 0 Å². The summed E-state index contributed by atoms with van der Waals surface area (Å²) in [4.78, 5) is 4.06. The number of hydrogen-bond donors (Lipinski definition) is 0. The Morgan fingerprint density at radius 2 is 2.38 bits per heavy atom. The molecule has 0 amide bonds. The van der Waals surface area contributed by atoms with Gasteiger partial charge in [0.25, 0.3) is 0 Å². The number of pyridine rings is 1. The van der Waals surface area contributed by atoms with Crippen molar-refractivity contribution in [2.24, 2.45) is 0 Å². The molecule has 1 aromatic heterocycles. The molecular weight excluding hydrogens is 162 g/mol. The van der Waals surface area contributed by atoms with Gasteiger partial charge in [-0.05, 0) is 30.5 Å². The lowest BCUT2D eigenvalue weighted by Crippen LogP contribution is -1.89. The largest absolute Gasteiger partial charge is 0.481 e. The van der Waals surface area contributed by atoms with E-state index in [2.05, 4.69) is 18.0 Å². The zero-order valence-electron chi connectivity index (χ0n) is 8.37. The van der Waals surface area contributed by atoms with Gasteiger partial charge in [0.2, 0.25) is 5.88 Å². The smallest absolute Gasteiger partial charge is 0.213 e. The van der Waals surface area contributed by atoms with E-state index < -0.39 is 0 Å². The summed E-state index contributed by atoms with van der Waals surface area (Å²) < 4.78 is 5.06. The molecule has 0 aliphatic carbocycles. The molecule has 0 atom stereocenters. The molecule has 13 heavy (non-hydrogen) atoms. The van der Waals surface area contributed by atoms with Crippen LogP contribution < -0.4 is 4.74 Å². The van der Waals surface area contributed by atoms with Crippen molar-refractivity contribution >= 4 is 5.57 Å². The monoisotopic (exact) mass is 177 g/mol. The van der Waals surface area contributed by atoms with Gasteiger partial charge >= 0.3 is 0 Å². The third-order valence-electron chi connectivity index (χ3n) is 2.04. The van der Waals surface area contributed by atoms with Crippen LogP contribution >= 0.6 is 0 Å². The maximum Gasteiger partial charge on any atom is 0.213 e. The number of methoxy groups -OCH3 is 1. The Hall–Kier alpha value is -1.31. The van der Waals surface area contributed by atoms with Crippen molar-refractivity contribution in [3.05, 3.63) is 30.0 Å². The van der Waals surface area contributed by atoms with Crippen LogP contribution in [0.15, 0.2) is 24.4 Å². The number of nitrogens with zero attached hydrogens (tertiary/aromatic N) is 1. The average molecular weight is 177 g/mol. The molecule has 0 unspecified atom stereocenters. The maximum atomic E-state index is 5.06. The van der Waals surface area contributed by atoms with Gasteiger partial charge in [0.1, 0.15) is 0 Å². The summed E-state index contributed by atoms with van der Waals surface area (Å²) in [5, 5.41) is 0. The van der Waals surface area contributed by atoms with Crippen molar-refractivity contribution in [1.82, 2.24) is 4.98 Å². The van der Waals surface area contributed by atoms with Crippen LogP contribution in [0.3, 0.4) is 0 Å². The molecule has 1 aromatic rings. The summed E-state index contributed by atoms with van der Waals surface area (Å²) >= 11 is 0. The maximum absolute atomic E-state index is 5.06. The Kier molecular flexibility index (Phi) is 3.50. The summed E-state index contributed by atoms with van der Waals surface area (Å²) in [5.74, 6) is 0.672. The molecule has 0 bridgehead atoms. The molecule has 0 aliphatic heterocycles. The van der Waals surface area contributed by atoms with E-state index in [1.165, 1.54) is 11.1 Å². The standard InChI is InChI=1S/C11H15NO/c1-4-9(5-2)10-6-7-12-11(8-10)13-3/h4,6-8H,5H2,1-3H3/b9-4-. The second kappa shape index (κ2) is 4.65. The van der Waals surface area contributed by atoms with Crippen LogP contribution in [0.4, 0.5) is 0 Å². The van der Waals surface area contributed by atoms with Crippen molar-refractivity contribution in [1.29, 1.82) is 0 Å². The molecule has 0 fully saturated rings. The highest BCUT2D eigenvalue weighted by Crippen LogP contribution is 2.20. The highest BCUT2D eigenvalue weighted by Gasteiger charge is 1.99. The van der Waals surface area contributed by atoms with Crippen LogP contribution in [0.5, 0.6) is 5.88 Å². The Morgan fingerprint density at radius 3 is 2.92 bits per heavy atom. The van der Waals surface area contributed by atoms with Gasteiger partial charge in [0, 0.05) is 12.3 Å². The second-order valence-electron chi connectivity index (χ2n) is 2.75. The van der Waals surface area contributed by atoms with E-state index in [1.54, 1.807) is 13.3 Å². The zero-order valence-corrected chi connectivity index (χ0v) is 8.37. The normalized spacial score (nSPS) is 11.5. The predicted molar refractivity (Wildman–Crippen MR) is 54.7 cm³/mol. The molecule has 0 spiro atoms. The van der Waals surface area contributed by atoms with E-state index in [4.69, 9.17) is 4.74 Å². The molecule has 70 valence electrons. The zero-order chi connectivity index (χ0) is 9.68. The van der Waals surface area contributed by atoms with E-state index in [0.29, 0.717) is 5.88 Å². The first-order valence-electron chi connectivity index (χ1n) is 4.47. The lowest BCUT2D eigenvalue weighted by atomic mass is 10.1. The van der Waals surface area contributed by atoms with E-state index in [1.807, 2.05) is 19.1 Å². The van der Waals surface area contributed by atoms with Crippen molar-refractivity contribution < 1.29 is 4.74 Å². The Bertz CT molecular complexity index is 305. The van der Waals surface area contributed by atoms with E-state index in [9.17, 15) is 0 Å². The molecule has 2 heteroatoms. The molecule has 0 N–H and O–H groups in total. The number of hydrogen-bond acceptors (Lipinski definition) is 2. The fourth-order valence-corrected chi connectivity index (χ4v) is 1.30. The summed E-state index contributed by atoms with van der Waals surface area (Å²) in [5.41, 5.74) is 2.51. The molecule has 0 saturated carbocycles. The second-order valence-corrected chi connectivity index (χ2v) is 2.75. The number of ether oxygens (including phenoxy) is 1. The van der Waals surface area contributed by atoms with Crippen LogP contribution in [0.1, 0.15) is 25.8 Å². The summed E-state index contributed by atoms with van der Waals surface area (Å²) in [6.45, 7) is 4.19. The topological polar surface area (TPSA) is 22.1 Å². The Morgan fingerprint density at radius 1 is 1.62 bits per heavy atom. The third kappa shape index (κ3) is 2.31.